The van der Waals surface area contributed by atoms with Crippen LogP contribution in [0.3, 0.4) is 0 Å². The van der Waals surface area contributed by atoms with Gasteiger partial charge in [0.15, 0.2) is 0 Å². The average molecular weight is 286 g/mol. The summed E-state index contributed by atoms with van der Waals surface area (Å²) in [5, 5.41) is 1.03. The summed E-state index contributed by atoms with van der Waals surface area (Å²) in [6, 6.07) is 12.7. The first-order valence-electron chi connectivity index (χ1n) is 6.78. The van der Waals surface area contributed by atoms with Crippen molar-refractivity contribution < 1.29 is 0 Å². The molecule has 20 heavy (non-hydrogen) atoms. The number of anilines is 2. The summed E-state index contributed by atoms with van der Waals surface area (Å²) in [6.45, 7) is 4.06. The Morgan fingerprint density at radius 3 is 2.35 bits per heavy atom. The minimum absolute atomic E-state index is 1.000. The van der Waals surface area contributed by atoms with E-state index in [1.165, 1.54) is 5.69 Å². The van der Waals surface area contributed by atoms with Crippen LogP contribution in [0.25, 0.3) is 0 Å². The standard InChI is InChI=1S/C15H18N4S/c1-20-15-11-14(16-12-17-15)19-9-7-18(8-10-19)13-5-3-2-4-6-13/h2-6,11-12H,7-10H2,1H3. The van der Waals surface area contributed by atoms with Crippen LogP contribution in [0.1, 0.15) is 0 Å². The lowest BCUT2D eigenvalue weighted by atomic mass is 10.2. The summed E-state index contributed by atoms with van der Waals surface area (Å²) >= 11 is 1.66. The molecule has 0 atom stereocenters. The monoisotopic (exact) mass is 286 g/mol. The van der Waals surface area contributed by atoms with Crippen molar-refractivity contribution in [3.63, 3.8) is 0 Å². The Hall–Kier alpha value is -1.75. The maximum atomic E-state index is 4.39. The van der Waals surface area contributed by atoms with E-state index in [4.69, 9.17) is 0 Å². The fraction of sp³-hybridized carbons (Fsp3) is 0.333. The van der Waals surface area contributed by atoms with Gasteiger partial charge in [0.2, 0.25) is 0 Å². The molecule has 1 saturated heterocycles. The summed E-state index contributed by atoms with van der Waals surface area (Å²) in [6.07, 6.45) is 3.70. The Morgan fingerprint density at radius 1 is 0.950 bits per heavy atom. The van der Waals surface area contributed by atoms with Crippen molar-refractivity contribution in [2.75, 3.05) is 42.2 Å². The molecule has 5 heteroatoms. The van der Waals surface area contributed by atoms with Crippen LogP contribution in [0.2, 0.25) is 0 Å². The molecular formula is C15H18N4S. The van der Waals surface area contributed by atoms with Gasteiger partial charge in [0.25, 0.3) is 0 Å². The summed E-state index contributed by atoms with van der Waals surface area (Å²) < 4.78 is 0. The van der Waals surface area contributed by atoms with Gasteiger partial charge in [-0.05, 0) is 18.4 Å². The van der Waals surface area contributed by atoms with E-state index in [-0.39, 0.29) is 0 Å². The molecule has 2 aromatic rings. The van der Waals surface area contributed by atoms with E-state index < -0.39 is 0 Å². The van der Waals surface area contributed by atoms with Crippen LogP contribution in [0.5, 0.6) is 0 Å². The van der Waals surface area contributed by atoms with Gasteiger partial charge in [0, 0.05) is 37.9 Å². The Morgan fingerprint density at radius 2 is 1.65 bits per heavy atom. The zero-order chi connectivity index (χ0) is 13.8. The molecule has 0 unspecified atom stereocenters. The Bertz CT molecular complexity index is 553. The lowest BCUT2D eigenvalue weighted by Gasteiger charge is -2.36. The van der Waals surface area contributed by atoms with Gasteiger partial charge in [-0.1, -0.05) is 18.2 Å². The maximum Gasteiger partial charge on any atom is 0.133 e. The van der Waals surface area contributed by atoms with Crippen LogP contribution in [0, 0.1) is 0 Å². The third-order valence-corrected chi connectivity index (χ3v) is 4.20. The second-order valence-corrected chi connectivity index (χ2v) is 5.55. The quantitative estimate of drug-likeness (QED) is 0.639. The molecular weight excluding hydrogens is 268 g/mol. The summed E-state index contributed by atoms with van der Waals surface area (Å²) in [5.41, 5.74) is 1.31. The third kappa shape index (κ3) is 2.88. The molecule has 104 valence electrons. The molecule has 0 saturated carbocycles. The van der Waals surface area contributed by atoms with Crippen LogP contribution in [-0.4, -0.2) is 42.4 Å². The van der Waals surface area contributed by atoms with Gasteiger partial charge in [-0.2, -0.15) is 0 Å². The largest absolute Gasteiger partial charge is 0.368 e. The highest BCUT2D eigenvalue weighted by atomic mass is 32.2. The van der Waals surface area contributed by atoms with Crippen molar-refractivity contribution in [1.82, 2.24) is 9.97 Å². The van der Waals surface area contributed by atoms with Crippen molar-refractivity contribution in [3.8, 4) is 0 Å². The molecule has 1 aliphatic heterocycles. The van der Waals surface area contributed by atoms with Gasteiger partial charge in [0.1, 0.15) is 17.2 Å². The smallest absolute Gasteiger partial charge is 0.133 e. The fourth-order valence-corrected chi connectivity index (χ4v) is 2.82. The van der Waals surface area contributed by atoms with E-state index in [1.54, 1.807) is 18.1 Å². The van der Waals surface area contributed by atoms with Crippen molar-refractivity contribution >= 4 is 23.3 Å². The van der Waals surface area contributed by atoms with Gasteiger partial charge < -0.3 is 9.80 Å². The van der Waals surface area contributed by atoms with E-state index in [0.717, 1.165) is 37.0 Å². The van der Waals surface area contributed by atoms with Gasteiger partial charge in [0.05, 0.1) is 0 Å². The van der Waals surface area contributed by atoms with Crippen LogP contribution in [-0.2, 0) is 0 Å². The lowest BCUT2D eigenvalue weighted by Crippen LogP contribution is -2.46. The molecule has 3 rings (SSSR count). The first-order valence-corrected chi connectivity index (χ1v) is 8.00. The van der Waals surface area contributed by atoms with E-state index in [1.807, 2.05) is 6.26 Å². The Balaban J connectivity index is 1.66. The van der Waals surface area contributed by atoms with Gasteiger partial charge in [-0.15, -0.1) is 11.8 Å². The minimum Gasteiger partial charge on any atom is -0.368 e. The second kappa shape index (κ2) is 6.13. The molecule has 1 aromatic heterocycles. The van der Waals surface area contributed by atoms with Crippen LogP contribution < -0.4 is 9.80 Å². The molecule has 1 aromatic carbocycles. The van der Waals surface area contributed by atoms with Crippen molar-refractivity contribution in [2.24, 2.45) is 0 Å². The molecule has 0 amide bonds. The van der Waals surface area contributed by atoms with Gasteiger partial charge in [-0.3, -0.25) is 0 Å². The van der Waals surface area contributed by atoms with Gasteiger partial charge in [-0.25, -0.2) is 9.97 Å². The van der Waals surface area contributed by atoms with Crippen LogP contribution >= 0.6 is 11.8 Å². The second-order valence-electron chi connectivity index (χ2n) is 4.73. The predicted octanol–water partition coefficient (Wildman–Crippen LogP) is 2.53. The summed E-state index contributed by atoms with van der Waals surface area (Å²) in [4.78, 5) is 13.4. The Kier molecular flexibility index (Phi) is 4.06. The number of hydrogen-bond donors (Lipinski definition) is 0. The van der Waals surface area contributed by atoms with Crippen LogP contribution in [0.4, 0.5) is 11.5 Å². The first kappa shape index (κ1) is 13.2. The van der Waals surface area contributed by atoms with Gasteiger partial charge >= 0.3 is 0 Å². The zero-order valence-electron chi connectivity index (χ0n) is 11.6. The number of hydrogen-bond acceptors (Lipinski definition) is 5. The molecule has 0 bridgehead atoms. The molecule has 2 heterocycles. The summed E-state index contributed by atoms with van der Waals surface area (Å²) in [7, 11) is 0. The average Bonchev–Trinajstić information content (AvgIpc) is 2.56. The third-order valence-electron chi connectivity index (χ3n) is 3.56. The number of rotatable bonds is 3. The van der Waals surface area contributed by atoms with Crippen molar-refractivity contribution in [1.29, 1.82) is 0 Å². The highest BCUT2D eigenvalue weighted by Crippen LogP contribution is 2.21. The minimum atomic E-state index is 1.000. The number of aromatic nitrogens is 2. The van der Waals surface area contributed by atoms with E-state index in [9.17, 15) is 0 Å². The molecule has 0 aliphatic carbocycles. The maximum absolute atomic E-state index is 4.39. The highest BCUT2D eigenvalue weighted by molar-refractivity contribution is 7.98. The van der Waals surface area contributed by atoms with E-state index in [0.29, 0.717) is 0 Å². The molecule has 1 aliphatic rings. The van der Waals surface area contributed by atoms with Crippen molar-refractivity contribution in [3.05, 3.63) is 42.7 Å². The van der Waals surface area contributed by atoms with E-state index >= 15 is 0 Å². The number of benzene rings is 1. The number of nitrogens with zero attached hydrogens (tertiary/aromatic N) is 4. The topological polar surface area (TPSA) is 32.3 Å². The first-order chi connectivity index (χ1) is 9.86. The lowest BCUT2D eigenvalue weighted by molar-refractivity contribution is 0.645. The Labute approximate surface area is 123 Å². The predicted molar refractivity (Wildman–Crippen MR) is 84.7 cm³/mol. The van der Waals surface area contributed by atoms with Crippen molar-refractivity contribution in [2.45, 2.75) is 5.03 Å². The van der Waals surface area contributed by atoms with E-state index in [2.05, 4.69) is 56.2 Å². The van der Waals surface area contributed by atoms with Crippen LogP contribution in [0.15, 0.2) is 47.8 Å². The number of thioether (sulfide) groups is 1. The molecule has 0 N–H and O–H groups in total. The zero-order valence-corrected chi connectivity index (χ0v) is 12.4. The fourth-order valence-electron chi connectivity index (χ4n) is 2.45. The number of para-hydroxylation sites is 1. The molecule has 0 radical (unpaired) electrons. The molecule has 1 fully saturated rings. The molecule has 0 spiro atoms. The SMILES string of the molecule is CSc1cc(N2CCN(c3ccccc3)CC2)ncn1. The number of piperazine rings is 1. The highest BCUT2D eigenvalue weighted by Gasteiger charge is 2.18. The molecule has 4 nitrogen and oxygen atoms in total. The summed E-state index contributed by atoms with van der Waals surface area (Å²) in [5.74, 6) is 1.04. The normalized spacial score (nSPS) is 15.4.